The van der Waals surface area contributed by atoms with Gasteiger partial charge in [0.05, 0.1) is 39.6 Å². The second kappa shape index (κ2) is 71.0. The summed E-state index contributed by atoms with van der Waals surface area (Å²) in [6.45, 7) is 50.8. The molecule has 462 valence electrons. The molecule has 0 radical (unpaired) electrons. The molecule has 18 heteroatoms. The smallest absolute Gasteiger partial charge is 0.333 e. The van der Waals surface area contributed by atoms with Crippen LogP contribution in [0.1, 0.15) is 153 Å². The minimum absolute atomic E-state index is 0.304. The molecule has 0 amide bonds. The molecule has 0 spiro atoms. The Kier molecular flexibility index (Phi) is 76.7. The molecule has 0 heterocycles. The predicted molar refractivity (Wildman–Crippen MR) is 313 cm³/mol. The van der Waals surface area contributed by atoms with Gasteiger partial charge in [-0.1, -0.05) is 132 Å². The van der Waals surface area contributed by atoms with Gasteiger partial charge in [-0.15, -0.1) is 0 Å². The molecule has 0 rings (SSSR count). The van der Waals surface area contributed by atoms with Crippen molar-refractivity contribution in [3.05, 3.63) is 74.4 Å². The number of esters is 6. The molecular formula is C61H110O18. The van der Waals surface area contributed by atoms with Gasteiger partial charge in [-0.2, -0.15) is 0 Å². The van der Waals surface area contributed by atoms with E-state index in [-0.39, 0.29) is 23.9 Å². The topological polar surface area (TPSA) is 213 Å². The van der Waals surface area contributed by atoms with Gasteiger partial charge in [-0.3, -0.25) is 0 Å². The quantitative estimate of drug-likeness (QED) is 0.0240. The second-order valence-corrected chi connectivity index (χ2v) is 17.2. The minimum atomic E-state index is -0.403. The van der Waals surface area contributed by atoms with Crippen molar-refractivity contribution in [3.8, 4) is 0 Å². The first-order chi connectivity index (χ1) is 37.8. The summed E-state index contributed by atoms with van der Waals surface area (Å²) in [5.41, 5.74) is 1.27. The van der Waals surface area contributed by atoms with E-state index < -0.39 is 11.9 Å². The van der Waals surface area contributed by atoms with Gasteiger partial charge in [0, 0.05) is 74.6 Å². The number of carbonyl (C=O) groups excluding carboxylic acids is 6. The van der Waals surface area contributed by atoms with E-state index in [0.29, 0.717) is 121 Å². The van der Waals surface area contributed by atoms with Crippen molar-refractivity contribution in [1.29, 1.82) is 0 Å². The van der Waals surface area contributed by atoms with Crippen LogP contribution in [-0.4, -0.2) is 155 Å². The van der Waals surface area contributed by atoms with Crippen LogP contribution in [-0.2, 0) is 85.6 Å². The number of hydrogen-bond acceptors (Lipinski definition) is 18. The van der Waals surface area contributed by atoms with Crippen molar-refractivity contribution in [2.75, 3.05) is 119 Å². The fourth-order valence-electron chi connectivity index (χ4n) is 5.01. The molecule has 0 aromatic heterocycles. The molecule has 2 unspecified atom stereocenters. The third-order valence-corrected chi connectivity index (χ3v) is 9.83. The number of rotatable bonds is 44. The minimum Gasteiger partial charge on any atom is -0.460 e. The summed E-state index contributed by atoms with van der Waals surface area (Å²) in [7, 11) is 0. The van der Waals surface area contributed by atoms with Gasteiger partial charge >= 0.3 is 35.8 Å². The van der Waals surface area contributed by atoms with Crippen molar-refractivity contribution in [2.24, 2.45) is 11.8 Å². The molecule has 0 saturated carbocycles. The van der Waals surface area contributed by atoms with E-state index in [2.05, 4.69) is 90.5 Å². The Labute approximate surface area is 478 Å². The molecular weight excluding hydrogens is 1020 g/mol. The van der Waals surface area contributed by atoms with Crippen molar-refractivity contribution >= 4 is 35.8 Å². The van der Waals surface area contributed by atoms with Gasteiger partial charge in [0.2, 0.25) is 0 Å². The zero-order valence-electron chi connectivity index (χ0n) is 51.2. The van der Waals surface area contributed by atoms with Gasteiger partial charge in [-0.25, -0.2) is 28.8 Å². The molecule has 79 heavy (non-hydrogen) atoms. The Morgan fingerprint density at radius 1 is 0.342 bits per heavy atom. The summed E-state index contributed by atoms with van der Waals surface area (Å²) >= 11 is 0. The highest BCUT2D eigenvalue weighted by molar-refractivity contribution is 5.87. The van der Waals surface area contributed by atoms with E-state index >= 15 is 0 Å². The average molecular weight is 1130 g/mol. The monoisotopic (exact) mass is 1130 g/mol. The van der Waals surface area contributed by atoms with Crippen molar-refractivity contribution in [2.45, 2.75) is 153 Å². The van der Waals surface area contributed by atoms with Crippen molar-refractivity contribution in [3.63, 3.8) is 0 Å². The van der Waals surface area contributed by atoms with Gasteiger partial charge < -0.3 is 56.8 Å². The van der Waals surface area contributed by atoms with Gasteiger partial charge in [0.1, 0.15) is 39.6 Å². The highest BCUT2D eigenvalue weighted by Gasteiger charge is 2.08. The van der Waals surface area contributed by atoms with E-state index in [1.54, 1.807) is 20.8 Å². The molecule has 0 aliphatic rings. The zero-order chi connectivity index (χ0) is 61.2. The van der Waals surface area contributed by atoms with Crippen LogP contribution in [0.5, 0.6) is 0 Å². The summed E-state index contributed by atoms with van der Waals surface area (Å²) in [6, 6.07) is 0. The third kappa shape index (κ3) is 77.3. The highest BCUT2D eigenvalue weighted by Crippen LogP contribution is 2.13. The van der Waals surface area contributed by atoms with E-state index in [0.717, 1.165) is 83.2 Å². The molecule has 0 aliphatic carbocycles. The van der Waals surface area contributed by atoms with Crippen LogP contribution >= 0.6 is 0 Å². The van der Waals surface area contributed by atoms with Gasteiger partial charge in [-0.05, 0) is 72.1 Å². The Hall–Kier alpha value is -4.98. The third-order valence-electron chi connectivity index (χ3n) is 9.83. The van der Waals surface area contributed by atoms with E-state index in [1.807, 2.05) is 13.8 Å². The summed E-state index contributed by atoms with van der Waals surface area (Å²) in [4.78, 5) is 64.2. The molecule has 0 N–H and O–H groups in total. The van der Waals surface area contributed by atoms with Crippen LogP contribution in [0, 0.1) is 11.8 Å². The number of ether oxygens (including phenoxy) is 12. The second-order valence-electron chi connectivity index (χ2n) is 17.2. The summed E-state index contributed by atoms with van der Waals surface area (Å²) < 4.78 is 59.8. The molecule has 0 aromatic carbocycles. The Morgan fingerprint density at radius 2 is 0.595 bits per heavy atom. The zero-order valence-corrected chi connectivity index (χ0v) is 51.2. The maximum Gasteiger partial charge on any atom is 0.333 e. The first kappa shape index (κ1) is 85.3. The average Bonchev–Trinajstić information content (AvgIpc) is 3.44. The van der Waals surface area contributed by atoms with Gasteiger partial charge in [0.15, 0.2) is 0 Å². The van der Waals surface area contributed by atoms with Crippen LogP contribution in [0.3, 0.4) is 0 Å². The van der Waals surface area contributed by atoms with Crippen LogP contribution in [0.15, 0.2) is 74.4 Å². The Bertz CT molecular complexity index is 1530. The van der Waals surface area contributed by atoms with Gasteiger partial charge in [0.25, 0.3) is 0 Å². The lowest BCUT2D eigenvalue weighted by molar-refractivity contribution is -0.141. The maximum absolute atomic E-state index is 11.1. The SMILES string of the molecule is C=C(C)C(=O)OCCOCC.C=C(C)C(=O)OCCOCC(CC)CCCC.C=C(C)C(=O)OCCOCCCC.C=CC(=O)OCCOCC.C=CC(=O)OCCOCC(CC)CCCC.C=CC(=O)OCCOCCCC. The summed E-state index contributed by atoms with van der Waals surface area (Å²) in [5, 5.41) is 0. The standard InChI is InChI=1S/C14H26O3.C13H24O3.C10H18O3.C9H16O3.C8H14O3.C7H12O3/c1-5-7-8-13(6-2)11-16-9-10-17-14(15)12(3)4;1-4-7-8-12(5-2)11-15-9-10-16-13(14)6-3;1-4-5-6-12-7-8-13-10(11)9(2)3;1-3-5-6-11-7-8-12-9(10)4-2;1-4-10-5-6-11-8(9)7(2)3;1-3-7(8)10-6-5-9-4-2/h13H,3,5-11H2,1-2,4H3;6,12H,3-5,7-11H2,1-2H3;2,4-8H2,1,3H3;4H,2-3,5-8H2,1H3;2,4-6H2,1,3H3;3H,1,4-6H2,2H3. The number of hydrogen-bond donors (Lipinski definition) is 0. The van der Waals surface area contributed by atoms with Crippen LogP contribution in [0.2, 0.25) is 0 Å². The first-order valence-electron chi connectivity index (χ1n) is 28.2. The lowest BCUT2D eigenvalue weighted by Crippen LogP contribution is -2.14. The van der Waals surface area contributed by atoms with Crippen LogP contribution in [0.4, 0.5) is 0 Å². The van der Waals surface area contributed by atoms with E-state index in [4.69, 9.17) is 47.4 Å². The van der Waals surface area contributed by atoms with Crippen molar-refractivity contribution in [1.82, 2.24) is 0 Å². The van der Waals surface area contributed by atoms with E-state index in [1.165, 1.54) is 38.5 Å². The molecule has 0 aromatic rings. The first-order valence-corrected chi connectivity index (χ1v) is 28.2. The fourth-order valence-corrected chi connectivity index (χ4v) is 5.01. The molecule has 0 fully saturated rings. The van der Waals surface area contributed by atoms with Crippen molar-refractivity contribution < 1.29 is 85.6 Å². The molecule has 2 atom stereocenters. The molecule has 18 nitrogen and oxygen atoms in total. The summed E-state index contributed by atoms with van der Waals surface area (Å²) in [6.07, 6.45) is 17.5. The largest absolute Gasteiger partial charge is 0.460 e. The predicted octanol–water partition coefficient (Wildman–Crippen LogP) is 11.6. The van der Waals surface area contributed by atoms with Crippen LogP contribution in [0.25, 0.3) is 0 Å². The Balaban J connectivity index is -0.000000204. The molecule has 0 bridgehead atoms. The number of unbranched alkanes of at least 4 members (excludes halogenated alkanes) is 4. The molecule has 0 saturated heterocycles. The highest BCUT2D eigenvalue weighted by atomic mass is 16.6. The fraction of sp³-hybridized carbons (Fsp3) is 0.705. The van der Waals surface area contributed by atoms with Crippen LogP contribution < -0.4 is 0 Å². The number of carbonyl (C=O) groups is 6. The lowest BCUT2D eigenvalue weighted by Gasteiger charge is -2.14. The summed E-state index contributed by atoms with van der Waals surface area (Å²) in [5.74, 6) is -0.965. The lowest BCUT2D eigenvalue weighted by atomic mass is 10.0. The normalized spacial score (nSPS) is 10.5. The Morgan fingerprint density at radius 3 is 0.823 bits per heavy atom. The van der Waals surface area contributed by atoms with E-state index in [9.17, 15) is 28.8 Å². The molecule has 0 aliphatic heterocycles. The maximum atomic E-state index is 11.1.